The summed E-state index contributed by atoms with van der Waals surface area (Å²) in [4.78, 5) is 2.64. The predicted octanol–water partition coefficient (Wildman–Crippen LogP) is 4.05. The van der Waals surface area contributed by atoms with E-state index in [1.807, 2.05) is 0 Å². The summed E-state index contributed by atoms with van der Waals surface area (Å²) in [7, 11) is 0. The first-order valence-corrected chi connectivity index (χ1v) is 8.59. The molecule has 0 aliphatic carbocycles. The second kappa shape index (κ2) is 7.95. The molecule has 1 fully saturated rings. The zero-order chi connectivity index (χ0) is 15.2. The van der Waals surface area contributed by atoms with Crippen molar-refractivity contribution < 1.29 is 0 Å². The number of benzene rings is 1. The van der Waals surface area contributed by atoms with E-state index in [4.69, 9.17) is 0 Å². The van der Waals surface area contributed by atoms with Crippen LogP contribution in [0.1, 0.15) is 51.7 Å². The van der Waals surface area contributed by atoms with Crippen molar-refractivity contribution >= 4 is 0 Å². The highest BCUT2D eigenvalue weighted by molar-refractivity contribution is 5.22. The molecule has 2 rings (SSSR count). The number of nitrogens with one attached hydrogen (secondary N) is 1. The van der Waals surface area contributed by atoms with Crippen LogP contribution in [0.15, 0.2) is 24.3 Å². The Morgan fingerprint density at radius 3 is 2.48 bits per heavy atom. The van der Waals surface area contributed by atoms with Gasteiger partial charge in [-0.1, -0.05) is 45.0 Å². The average molecular weight is 288 g/mol. The van der Waals surface area contributed by atoms with Gasteiger partial charge in [-0.2, -0.15) is 0 Å². The van der Waals surface area contributed by atoms with Crippen molar-refractivity contribution in [2.75, 3.05) is 13.1 Å². The lowest BCUT2D eigenvalue weighted by Gasteiger charge is -2.38. The van der Waals surface area contributed by atoms with Gasteiger partial charge in [-0.05, 0) is 55.8 Å². The van der Waals surface area contributed by atoms with Gasteiger partial charge in [0.1, 0.15) is 0 Å². The van der Waals surface area contributed by atoms with Gasteiger partial charge in [0.2, 0.25) is 0 Å². The number of likely N-dealkylation sites (tertiary alicyclic amines) is 1. The molecule has 1 aromatic rings. The highest BCUT2D eigenvalue weighted by Gasteiger charge is 2.24. The third kappa shape index (κ3) is 5.12. The zero-order valence-electron chi connectivity index (χ0n) is 14.2. The number of hydrogen-bond acceptors (Lipinski definition) is 2. The molecule has 118 valence electrons. The number of piperidine rings is 1. The van der Waals surface area contributed by atoms with E-state index in [1.165, 1.54) is 30.5 Å². The molecule has 2 atom stereocenters. The van der Waals surface area contributed by atoms with E-state index < -0.39 is 0 Å². The van der Waals surface area contributed by atoms with Crippen LogP contribution in [0.3, 0.4) is 0 Å². The van der Waals surface area contributed by atoms with Gasteiger partial charge in [0.15, 0.2) is 0 Å². The molecule has 2 unspecified atom stereocenters. The third-order valence-corrected chi connectivity index (χ3v) is 4.79. The maximum Gasteiger partial charge on any atom is 0.0236 e. The van der Waals surface area contributed by atoms with Gasteiger partial charge >= 0.3 is 0 Å². The molecule has 1 saturated heterocycles. The van der Waals surface area contributed by atoms with Crippen LogP contribution in [0, 0.1) is 11.8 Å². The van der Waals surface area contributed by atoms with Crippen LogP contribution in [0.25, 0.3) is 0 Å². The first kappa shape index (κ1) is 16.5. The van der Waals surface area contributed by atoms with Crippen LogP contribution in [-0.2, 0) is 13.1 Å². The maximum atomic E-state index is 3.50. The highest BCUT2D eigenvalue weighted by Crippen LogP contribution is 2.24. The van der Waals surface area contributed by atoms with Gasteiger partial charge in [0.05, 0.1) is 0 Å². The minimum atomic E-state index is 0.714. The highest BCUT2D eigenvalue weighted by atomic mass is 15.2. The molecule has 21 heavy (non-hydrogen) atoms. The SMILES string of the molecule is CC(C)CNCc1ccc(CN2CCCC(C)C2C)cc1. The number of rotatable bonds is 6. The summed E-state index contributed by atoms with van der Waals surface area (Å²) in [5, 5.41) is 3.50. The topological polar surface area (TPSA) is 15.3 Å². The Balaban J connectivity index is 1.84. The number of hydrogen-bond donors (Lipinski definition) is 1. The van der Waals surface area contributed by atoms with Crippen molar-refractivity contribution in [2.45, 2.75) is 59.7 Å². The second-order valence-corrected chi connectivity index (χ2v) is 7.17. The quantitative estimate of drug-likeness (QED) is 0.849. The summed E-state index contributed by atoms with van der Waals surface area (Å²) in [5.74, 6) is 1.55. The normalized spacial score (nSPS) is 23.7. The Hall–Kier alpha value is -0.860. The summed E-state index contributed by atoms with van der Waals surface area (Å²) in [6.07, 6.45) is 2.74. The van der Waals surface area contributed by atoms with Crippen LogP contribution in [0.5, 0.6) is 0 Å². The van der Waals surface area contributed by atoms with Crippen LogP contribution in [0.4, 0.5) is 0 Å². The summed E-state index contributed by atoms with van der Waals surface area (Å²) in [5.41, 5.74) is 2.84. The smallest absolute Gasteiger partial charge is 0.0236 e. The Bertz CT molecular complexity index is 410. The predicted molar refractivity (Wildman–Crippen MR) is 91.3 cm³/mol. The summed E-state index contributed by atoms with van der Waals surface area (Å²) in [6.45, 7) is 13.7. The first-order chi connectivity index (χ1) is 10.1. The molecule has 0 amide bonds. The van der Waals surface area contributed by atoms with Crippen molar-refractivity contribution in [2.24, 2.45) is 11.8 Å². The largest absolute Gasteiger partial charge is 0.312 e. The lowest BCUT2D eigenvalue weighted by Crippen LogP contribution is -2.41. The summed E-state index contributed by atoms with van der Waals surface area (Å²) in [6, 6.07) is 9.88. The molecule has 1 aliphatic heterocycles. The van der Waals surface area contributed by atoms with E-state index >= 15 is 0 Å². The molecule has 1 aromatic carbocycles. The monoisotopic (exact) mass is 288 g/mol. The fourth-order valence-corrected chi connectivity index (χ4v) is 3.15. The van der Waals surface area contributed by atoms with E-state index in [-0.39, 0.29) is 0 Å². The van der Waals surface area contributed by atoms with Gasteiger partial charge < -0.3 is 5.32 Å². The third-order valence-electron chi connectivity index (χ3n) is 4.79. The van der Waals surface area contributed by atoms with Crippen molar-refractivity contribution in [1.82, 2.24) is 10.2 Å². The summed E-state index contributed by atoms with van der Waals surface area (Å²) >= 11 is 0. The van der Waals surface area contributed by atoms with Crippen molar-refractivity contribution in [1.29, 1.82) is 0 Å². The molecule has 1 heterocycles. The zero-order valence-corrected chi connectivity index (χ0v) is 14.2. The second-order valence-electron chi connectivity index (χ2n) is 7.17. The molecule has 2 nitrogen and oxygen atoms in total. The fourth-order valence-electron chi connectivity index (χ4n) is 3.15. The van der Waals surface area contributed by atoms with Gasteiger partial charge in [0.25, 0.3) is 0 Å². The molecule has 0 radical (unpaired) electrons. The van der Waals surface area contributed by atoms with Crippen molar-refractivity contribution in [3.05, 3.63) is 35.4 Å². The van der Waals surface area contributed by atoms with Crippen LogP contribution in [0.2, 0.25) is 0 Å². The van der Waals surface area contributed by atoms with E-state index in [1.54, 1.807) is 0 Å². The van der Waals surface area contributed by atoms with E-state index in [2.05, 4.69) is 62.2 Å². The Morgan fingerprint density at radius 2 is 1.81 bits per heavy atom. The number of nitrogens with zero attached hydrogens (tertiary/aromatic N) is 1. The van der Waals surface area contributed by atoms with Gasteiger partial charge in [-0.3, -0.25) is 4.90 Å². The van der Waals surface area contributed by atoms with E-state index in [9.17, 15) is 0 Å². The van der Waals surface area contributed by atoms with Gasteiger partial charge in [-0.15, -0.1) is 0 Å². The lowest BCUT2D eigenvalue weighted by atomic mass is 9.91. The fraction of sp³-hybridized carbons (Fsp3) is 0.684. The molecular weight excluding hydrogens is 256 g/mol. The first-order valence-electron chi connectivity index (χ1n) is 8.59. The Kier molecular flexibility index (Phi) is 6.25. The van der Waals surface area contributed by atoms with Crippen molar-refractivity contribution in [3.8, 4) is 0 Å². The van der Waals surface area contributed by atoms with Gasteiger partial charge in [-0.25, -0.2) is 0 Å². The van der Waals surface area contributed by atoms with E-state index in [0.29, 0.717) is 12.0 Å². The van der Waals surface area contributed by atoms with Crippen LogP contribution >= 0.6 is 0 Å². The van der Waals surface area contributed by atoms with Gasteiger partial charge in [0, 0.05) is 19.1 Å². The molecule has 0 saturated carbocycles. The molecule has 1 aliphatic rings. The standard InChI is InChI=1S/C19H32N2/c1-15(2)12-20-13-18-7-9-19(10-8-18)14-21-11-5-6-16(3)17(21)4/h7-10,15-17,20H,5-6,11-14H2,1-4H3. The molecule has 0 aromatic heterocycles. The molecule has 0 spiro atoms. The average Bonchev–Trinajstić information content (AvgIpc) is 2.45. The lowest BCUT2D eigenvalue weighted by molar-refractivity contribution is 0.106. The molecule has 2 heteroatoms. The summed E-state index contributed by atoms with van der Waals surface area (Å²) < 4.78 is 0. The molecule has 1 N–H and O–H groups in total. The Labute approximate surface area is 130 Å². The molecule has 0 bridgehead atoms. The van der Waals surface area contributed by atoms with E-state index in [0.717, 1.165) is 25.6 Å². The van der Waals surface area contributed by atoms with Crippen LogP contribution < -0.4 is 5.32 Å². The van der Waals surface area contributed by atoms with Crippen molar-refractivity contribution in [3.63, 3.8) is 0 Å². The minimum Gasteiger partial charge on any atom is -0.312 e. The Morgan fingerprint density at radius 1 is 1.14 bits per heavy atom. The minimum absolute atomic E-state index is 0.714. The maximum absolute atomic E-state index is 3.50. The molecular formula is C19H32N2. The van der Waals surface area contributed by atoms with Crippen LogP contribution in [-0.4, -0.2) is 24.0 Å².